The lowest BCUT2D eigenvalue weighted by Crippen LogP contribution is -2.38. The van der Waals surface area contributed by atoms with E-state index in [1.165, 1.54) is 12.1 Å². The van der Waals surface area contributed by atoms with Crippen molar-refractivity contribution < 1.29 is 23.1 Å². The summed E-state index contributed by atoms with van der Waals surface area (Å²) in [6, 6.07) is 3.84. The quantitative estimate of drug-likeness (QED) is 0.855. The Morgan fingerprint density at radius 2 is 2.11 bits per heavy atom. The molecule has 0 spiro atoms. The summed E-state index contributed by atoms with van der Waals surface area (Å²) < 4.78 is 37.4. The Balaban J connectivity index is 2.87. The van der Waals surface area contributed by atoms with E-state index in [0.717, 1.165) is 12.1 Å². The molecule has 0 amide bonds. The van der Waals surface area contributed by atoms with Crippen LogP contribution in [0.1, 0.15) is 18.1 Å². The minimum Gasteiger partial charge on any atom is -0.480 e. The lowest BCUT2D eigenvalue weighted by molar-refractivity contribution is -0.139. The average molecular weight is 261 g/mol. The SMILES string of the molecule is CCNC(Cc1cccc(C(F)(F)F)c1)C(=O)O. The molecule has 100 valence electrons. The second-order valence-electron chi connectivity index (χ2n) is 3.85. The van der Waals surface area contributed by atoms with Crippen molar-refractivity contribution >= 4 is 5.97 Å². The van der Waals surface area contributed by atoms with Crippen molar-refractivity contribution in [3.05, 3.63) is 35.4 Å². The van der Waals surface area contributed by atoms with Crippen molar-refractivity contribution in [3.8, 4) is 0 Å². The minimum absolute atomic E-state index is 0.0209. The van der Waals surface area contributed by atoms with Crippen molar-refractivity contribution in [2.24, 2.45) is 0 Å². The second-order valence-corrected chi connectivity index (χ2v) is 3.85. The van der Waals surface area contributed by atoms with Crippen LogP contribution in [-0.4, -0.2) is 23.7 Å². The summed E-state index contributed by atoms with van der Waals surface area (Å²) in [5.41, 5.74) is -0.418. The number of carbonyl (C=O) groups is 1. The molecule has 0 aliphatic heterocycles. The highest BCUT2D eigenvalue weighted by Gasteiger charge is 2.30. The monoisotopic (exact) mass is 261 g/mol. The Kier molecular flexibility index (Phi) is 4.72. The molecular formula is C12H14F3NO2. The number of carboxylic acid groups (broad SMARTS) is 1. The Labute approximate surface area is 103 Å². The molecule has 0 saturated carbocycles. The zero-order valence-corrected chi connectivity index (χ0v) is 9.79. The molecule has 1 rings (SSSR count). The lowest BCUT2D eigenvalue weighted by atomic mass is 10.0. The van der Waals surface area contributed by atoms with Crippen molar-refractivity contribution in [2.45, 2.75) is 25.6 Å². The Morgan fingerprint density at radius 3 is 2.61 bits per heavy atom. The number of carboxylic acids is 1. The van der Waals surface area contributed by atoms with E-state index in [9.17, 15) is 18.0 Å². The first kappa shape index (κ1) is 14.5. The Hall–Kier alpha value is -1.56. The molecule has 1 unspecified atom stereocenters. The summed E-state index contributed by atoms with van der Waals surface area (Å²) in [6.45, 7) is 2.18. The third-order valence-corrected chi connectivity index (χ3v) is 2.44. The van der Waals surface area contributed by atoms with Gasteiger partial charge in [0.1, 0.15) is 6.04 Å². The van der Waals surface area contributed by atoms with E-state index in [1.54, 1.807) is 6.92 Å². The van der Waals surface area contributed by atoms with Gasteiger partial charge in [0, 0.05) is 0 Å². The molecule has 0 aliphatic carbocycles. The predicted octanol–water partition coefficient (Wildman–Crippen LogP) is 2.31. The van der Waals surface area contributed by atoms with E-state index < -0.39 is 23.8 Å². The van der Waals surface area contributed by atoms with Gasteiger partial charge in [-0.1, -0.05) is 25.1 Å². The van der Waals surface area contributed by atoms with Crippen LogP contribution in [0.25, 0.3) is 0 Å². The van der Waals surface area contributed by atoms with E-state index in [4.69, 9.17) is 5.11 Å². The molecule has 1 atom stereocenters. The van der Waals surface area contributed by atoms with E-state index in [2.05, 4.69) is 5.32 Å². The summed E-state index contributed by atoms with van der Waals surface area (Å²) in [5, 5.41) is 11.6. The molecule has 0 radical (unpaired) electrons. The number of alkyl halides is 3. The summed E-state index contributed by atoms with van der Waals surface area (Å²) in [7, 11) is 0. The Morgan fingerprint density at radius 1 is 1.44 bits per heavy atom. The van der Waals surface area contributed by atoms with Crippen molar-refractivity contribution in [2.75, 3.05) is 6.54 Å². The summed E-state index contributed by atoms with van der Waals surface area (Å²) >= 11 is 0. The highest BCUT2D eigenvalue weighted by Crippen LogP contribution is 2.29. The number of halogens is 3. The van der Waals surface area contributed by atoms with Crippen molar-refractivity contribution in [1.29, 1.82) is 0 Å². The average Bonchev–Trinajstić information content (AvgIpc) is 2.27. The van der Waals surface area contributed by atoms with E-state index in [1.807, 2.05) is 0 Å². The van der Waals surface area contributed by atoms with Gasteiger partial charge < -0.3 is 10.4 Å². The molecular weight excluding hydrogens is 247 g/mol. The van der Waals surface area contributed by atoms with E-state index in [-0.39, 0.29) is 6.42 Å². The molecule has 0 heterocycles. The fourth-order valence-corrected chi connectivity index (χ4v) is 1.60. The van der Waals surface area contributed by atoms with Gasteiger partial charge in [0.2, 0.25) is 0 Å². The van der Waals surface area contributed by atoms with Crippen LogP contribution in [0.3, 0.4) is 0 Å². The summed E-state index contributed by atoms with van der Waals surface area (Å²) in [5.74, 6) is -1.07. The number of benzene rings is 1. The number of hydrogen-bond acceptors (Lipinski definition) is 2. The maximum atomic E-state index is 12.5. The zero-order valence-electron chi connectivity index (χ0n) is 9.79. The molecule has 1 aromatic carbocycles. The first-order valence-corrected chi connectivity index (χ1v) is 5.47. The molecule has 1 aromatic rings. The van der Waals surface area contributed by atoms with Gasteiger partial charge in [-0.15, -0.1) is 0 Å². The van der Waals surface area contributed by atoms with Crippen molar-refractivity contribution in [3.63, 3.8) is 0 Å². The van der Waals surface area contributed by atoms with Crippen LogP contribution in [-0.2, 0) is 17.4 Å². The number of aliphatic carboxylic acids is 1. The van der Waals surface area contributed by atoms with Gasteiger partial charge in [-0.25, -0.2) is 0 Å². The van der Waals surface area contributed by atoms with E-state index in [0.29, 0.717) is 12.1 Å². The highest BCUT2D eigenvalue weighted by molar-refractivity contribution is 5.73. The van der Waals surface area contributed by atoms with Crippen LogP contribution >= 0.6 is 0 Å². The highest BCUT2D eigenvalue weighted by atomic mass is 19.4. The van der Waals surface area contributed by atoms with Crippen LogP contribution < -0.4 is 5.32 Å². The Bertz CT molecular complexity index is 418. The number of rotatable bonds is 5. The van der Waals surface area contributed by atoms with Gasteiger partial charge >= 0.3 is 12.1 Å². The summed E-state index contributed by atoms with van der Waals surface area (Å²) in [4.78, 5) is 10.9. The van der Waals surface area contributed by atoms with Crippen LogP contribution in [0, 0.1) is 0 Å². The van der Waals surface area contributed by atoms with Gasteiger partial charge in [-0.05, 0) is 24.6 Å². The molecule has 3 nitrogen and oxygen atoms in total. The largest absolute Gasteiger partial charge is 0.480 e. The molecule has 0 bridgehead atoms. The first-order valence-electron chi connectivity index (χ1n) is 5.47. The van der Waals surface area contributed by atoms with Crippen LogP contribution in [0.2, 0.25) is 0 Å². The van der Waals surface area contributed by atoms with Crippen LogP contribution in [0.4, 0.5) is 13.2 Å². The maximum Gasteiger partial charge on any atom is 0.416 e. The molecule has 0 aromatic heterocycles. The standard InChI is InChI=1S/C12H14F3NO2/c1-2-16-10(11(17)18)7-8-4-3-5-9(6-8)12(13,14)15/h3-6,10,16H,2,7H2,1H3,(H,17,18). The minimum atomic E-state index is -4.41. The lowest BCUT2D eigenvalue weighted by Gasteiger charge is -2.14. The van der Waals surface area contributed by atoms with Gasteiger partial charge in [0.05, 0.1) is 5.56 Å². The fourth-order valence-electron chi connectivity index (χ4n) is 1.60. The molecule has 6 heteroatoms. The van der Waals surface area contributed by atoms with Gasteiger partial charge in [0.15, 0.2) is 0 Å². The fraction of sp³-hybridized carbons (Fsp3) is 0.417. The zero-order chi connectivity index (χ0) is 13.8. The molecule has 18 heavy (non-hydrogen) atoms. The summed E-state index contributed by atoms with van der Waals surface area (Å²) in [6.07, 6.45) is -4.39. The first-order chi connectivity index (χ1) is 8.34. The van der Waals surface area contributed by atoms with Crippen LogP contribution in [0.15, 0.2) is 24.3 Å². The molecule has 0 aliphatic rings. The second kappa shape index (κ2) is 5.86. The normalized spacial score (nSPS) is 13.3. The smallest absolute Gasteiger partial charge is 0.416 e. The van der Waals surface area contributed by atoms with Crippen LogP contribution in [0.5, 0.6) is 0 Å². The molecule has 0 fully saturated rings. The number of likely N-dealkylation sites (N-methyl/N-ethyl adjacent to an activating group) is 1. The number of nitrogens with one attached hydrogen (secondary N) is 1. The third-order valence-electron chi connectivity index (χ3n) is 2.44. The topological polar surface area (TPSA) is 49.3 Å². The van der Waals surface area contributed by atoms with Gasteiger partial charge in [-0.3, -0.25) is 4.79 Å². The van der Waals surface area contributed by atoms with Gasteiger partial charge in [-0.2, -0.15) is 13.2 Å². The van der Waals surface area contributed by atoms with Crippen molar-refractivity contribution in [1.82, 2.24) is 5.32 Å². The van der Waals surface area contributed by atoms with E-state index >= 15 is 0 Å². The van der Waals surface area contributed by atoms with Gasteiger partial charge in [0.25, 0.3) is 0 Å². The maximum absolute atomic E-state index is 12.5. The number of hydrogen-bond donors (Lipinski definition) is 2. The predicted molar refractivity (Wildman–Crippen MR) is 60.2 cm³/mol. The third kappa shape index (κ3) is 4.03. The molecule has 2 N–H and O–H groups in total. The molecule has 0 saturated heterocycles.